The minimum Gasteiger partial charge on any atom is -0.496 e. The van der Waals surface area contributed by atoms with Gasteiger partial charge in [-0.25, -0.2) is 0 Å². The Morgan fingerprint density at radius 1 is 1.31 bits per heavy atom. The van der Waals surface area contributed by atoms with Crippen molar-refractivity contribution in [3.8, 4) is 11.5 Å². The van der Waals surface area contributed by atoms with Gasteiger partial charge in [0.25, 0.3) is 0 Å². The van der Waals surface area contributed by atoms with Gasteiger partial charge in [-0.3, -0.25) is 0 Å². The van der Waals surface area contributed by atoms with E-state index in [4.69, 9.17) is 15.2 Å². The van der Waals surface area contributed by atoms with Crippen LogP contribution in [0, 0.1) is 0 Å². The molecule has 2 N–H and O–H groups in total. The van der Waals surface area contributed by atoms with Crippen molar-refractivity contribution in [2.75, 3.05) is 13.7 Å². The SMILES string of the molecule is CCCOc1ccc(OC)c(C(N)CC)c1. The van der Waals surface area contributed by atoms with Gasteiger partial charge in [-0.05, 0) is 31.0 Å². The lowest BCUT2D eigenvalue weighted by molar-refractivity contribution is 0.315. The predicted molar refractivity (Wildman–Crippen MR) is 66.0 cm³/mol. The van der Waals surface area contributed by atoms with Crippen molar-refractivity contribution in [2.45, 2.75) is 32.7 Å². The molecule has 0 radical (unpaired) electrons. The average molecular weight is 223 g/mol. The summed E-state index contributed by atoms with van der Waals surface area (Å²) >= 11 is 0. The monoisotopic (exact) mass is 223 g/mol. The lowest BCUT2D eigenvalue weighted by Crippen LogP contribution is -2.10. The summed E-state index contributed by atoms with van der Waals surface area (Å²) in [5.41, 5.74) is 7.05. The molecule has 1 atom stereocenters. The van der Waals surface area contributed by atoms with Crippen LogP contribution in [0.15, 0.2) is 18.2 Å². The number of ether oxygens (including phenoxy) is 2. The standard InChI is InChI=1S/C13H21NO2/c1-4-8-16-10-6-7-13(15-3)11(9-10)12(14)5-2/h6-7,9,12H,4-5,8,14H2,1-3H3. The Balaban J connectivity index is 2.92. The van der Waals surface area contributed by atoms with E-state index in [-0.39, 0.29) is 6.04 Å². The van der Waals surface area contributed by atoms with Crippen LogP contribution in [0.4, 0.5) is 0 Å². The van der Waals surface area contributed by atoms with Gasteiger partial charge < -0.3 is 15.2 Å². The maximum absolute atomic E-state index is 6.03. The first-order valence-corrected chi connectivity index (χ1v) is 5.79. The summed E-state index contributed by atoms with van der Waals surface area (Å²) in [7, 11) is 1.66. The normalized spacial score (nSPS) is 12.2. The third-order valence-corrected chi connectivity index (χ3v) is 2.51. The number of hydrogen-bond acceptors (Lipinski definition) is 3. The van der Waals surface area contributed by atoms with Crippen molar-refractivity contribution < 1.29 is 9.47 Å². The smallest absolute Gasteiger partial charge is 0.123 e. The summed E-state index contributed by atoms with van der Waals surface area (Å²) in [5, 5.41) is 0. The largest absolute Gasteiger partial charge is 0.496 e. The molecule has 3 heteroatoms. The van der Waals surface area contributed by atoms with Gasteiger partial charge in [0, 0.05) is 11.6 Å². The van der Waals surface area contributed by atoms with Crippen LogP contribution in [-0.2, 0) is 0 Å². The first-order chi connectivity index (χ1) is 7.72. The highest BCUT2D eigenvalue weighted by molar-refractivity contribution is 5.42. The third kappa shape index (κ3) is 3.14. The Kier molecular flexibility index (Phi) is 5.12. The van der Waals surface area contributed by atoms with Crippen LogP contribution in [0.25, 0.3) is 0 Å². The number of hydrogen-bond donors (Lipinski definition) is 1. The van der Waals surface area contributed by atoms with E-state index < -0.39 is 0 Å². The van der Waals surface area contributed by atoms with Gasteiger partial charge in [0.05, 0.1) is 13.7 Å². The van der Waals surface area contributed by atoms with Crippen LogP contribution in [0.3, 0.4) is 0 Å². The fourth-order valence-corrected chi connectivity index (χ4v) is 1.53. The Hall–Kier alpha value is -1.22. The molecule has 1 rings (SSSR count). The molecule has 0 aliphatic rings. The molecule has 1 unspecified atom stereocenters. The Bertz CT molecular complexity index is 326. The summed E-state index contributed by atoms with van der Waals surface area (Å²) in [6.45, 7) is 4.87. The Labute approximate surface area is 97.6 Å². The van der Waals surface area contributed by atoms with Crippen LogP contribution in [0.5, 0.6) is 11.5 Å². The second kappa shape index (κ2) is 6.38. The van der Waals surface area contributed by atoms with E-state index in [1.165, 1.54) is 0 Å². The van der Waals surface area contributed by atoms with Crippen LogP contribution in [0.1, 0.15) is 38.3 Å². The number of methoxy groups -OCH3 is 1. The number of benzene rings is 1. The topological polar surface area (TPSA) is 44.5 Å². The van der Waals surface area contributed by atoms with E-state index in [2.05, 4.69) is 13.8 Å². The van der Waals surface area contributed by atoms with E-state index in [9.17, 15) is 0 Å². The van der Waals surface area contributed by atoms with Crippen molar-refractivity contribution in [3.05, 3.63) is 23.8 Å². The van der Waals surface area contributed by atoms with Crippen molar-refractivity contribution >= 4 is 0 Å². The molecule has 90 valence electrons. The Morgan fingerprint density at radius 2 is 2.06 bits per heavy atom. The highest BCUT2D eigenvalue weighted by Gasteiger charge is 2.11. The quantitative estimate of drug-likeness (QED) is 0.806. The summed E-state index contributed by atoms with van der Waals surface area (Å²) in [5.74, 6) is 1.69. The maximum atomic E-state index is 6.03. The molecule has 1 aromatic carbocycles. The molecule has 1 aromatic rings. The zero-order valence-electron chi connectivity index (χ0n) is 10.3. The molecule has 0 saturated carbocycles. The van der Waals surface area contributed by atoms with Gasteiger partial charge in [0.15, 0.2) is 0 Å². The summed E-state index contributed by atoms with van der Waals surface area (Å²) in [6.07, 6.45) is 1.88. The number of rotatable bonds is 6. The lowest BCUT2D eigenvalue weighted by Gasteiger charge is -2.15. The summed E-state index contributed by atoms with van der Waals surface area (Å²) in [4.78, 5) is 0. The van der Waals surface area contributed by atoms with Crippen LogP contribution in [-0.4, -0.2) is 13.7 Å². The molecular formula is C13H21NO2. The van der Waals surface area contributed by atoms with Crippen LogP contribution < -0.4 is 15.2 Å². The molecule has 0 saturated heterocycles. The molecule has 0 aliphatic heterocycles. The van der Waals surface area contributed by atoms with Crippen molar-refractivity contribution in [1.82, 2.24) is 0 Å². The minimum absolute atomic E-state index is 0.000117. The van der Waals surface area contributed by atoms with Gasteiger partial charge in [0.1, 0.15) is 11.5 Å². The molecule has 0 fully saturated rings. The number of nitrogens with two attached hydrogens (primary N) is 1. The molecular weight excluding hydrogens is 202 g/mol. The van der Waals surface area contributed by atoms with E-state index >= 15 is 0 Å². The van der Waals surface area contributed by atoms with Gasteiger partial charge in [-0.1, -0.05) is 13.8 Å². The molecule has 3 nitrogen and oxygen atoms in total. The van der Waals surface area contributed by atoms with Crippen LogP contribution >= 0.6 is 0 Å². The van der Waals surface area contributed by atoms with Crippen molar-refractivity contribution in [2.24, 2.45) is 5.73 Å². The zero-order chi connectivity index (χ0) is 12.0. The summed E-state index contributed by atoms with van der Waals surface area (Å²) < 4.78 is 10.9. The fourth-order valence-electron chi connectivity index (χ4n) is 1.53. The second-order valence-electron chi connectivity index (χ2n) is 3.77. The fraction of sp³-hybridized carbons (Fsp3) is 0.538. The molecule has 0 aliphatic carbocycles. The van der Waals surface area contributed by atoms with E-state index in [1.807, 2.05) is 18.2 Å². The van der Waals surface area contributed by atoms with Crippen molar-refractivity contribution in [1.29, 1.82) is 0 Å². The maximum Gasteiger partial charge on any atom is 0.123 e. The molecule has 0 bridgehead atoms. The van der Waals surface area contributed by atoms with Gasteiger partial charge in [-0.2, -0.15) is 0 Å². The van der Waals surface area contributed by atoms with Gasteiger partial charge >= 0.3 is 0 Å². The van der Waals surface area contributed by atoms with E-state index in [0.29, 0.717) is 0 Å². The predicted octanol–water partition coefficient (Wildman–Crippen LogP) is 2.89. The molecule has 0 aromatic heterocycles. The van der Waals surface area contributed by atoms with Gasteiger partial charge in [0.2, 0.25) is 0 Å². The summed E-state index contributed by atoms with van der Waals surface area (Å²) in [6, 6.07) is 5.80. The van der Waals surface area contributed by atoms with E-state index in [1.54, 1.807) is 7.11 Å². The molecule has 0 heterocycles. The third-order valence-electron chi connectivity index (χ3n) is 2.51. The molecule has 0 spiro atoms. The average Bonchev–Trinajstić information content (AvgIpc) is 2.35. The lowest BCUT2D eigenvalue weighted by atomic mass is 10.0. The zero-order valence-corrected chi connectivity index (χ0v) is 10.3. The molecule has 0 amide bonds. The highest BCUT2D eigenvalue weighted by atomic mass is 16.5. The first-order valence-electron chi connectivity index (χ1n) is 5.79. The minimum atomic E-state index is 0.000117. The molecule has 16 heavy (non-hydrogen) atoms. The second-order valence-corrected chi connectivity index (χ2v) is 3.77. The van der Waals surface area contributed by atoms with Crippen LogP contribution in [0.2, 0.25) is 0 Å². The van der Waals surface area contributed by atoms with Crippen molar-refractivity contribution in [3.63, 3.8) is 0 Å². The highest BCUT2D eigenvalue weighted by Crippen LogP contribution is 2.29. The van der Waals surface area contributed by atoms with Gasteiger partial charge in [-0.15, -0.1) is 0 Å². The Morgan fingerprint density at radius 3 is 2.62 bits per heavy atom. The van der Waals surface area contributed by atoms with E-state index in [0.717, 1.165) is 36.5 Å². The first kappa shape index (κ1) is 12.8.